The van der Waals surface area contributed by atoms with Gasteiger partial charge in [0.25, 0.3) is 0 Å². The number of benzene rings is 2. The fourth-order valence-electron chi connectivity index (χ4n) is 7.35. The molecule has 3 aliphatic rings. The van der Waals surface area contributed by atoms with E-state index in [9.17, 15) is 0 Å². The number of nitrogens with one attached hydrogen (secondary N) is 1. The van der Waals surface area contributed by atoms with Crippen molar-refractivity contribution in [3.63, 3.8) is 0 Å². The van der Waals surface area contributed by atoms with Gasteiger partial charge in [0.2, 0.25) is 0 Å². The maximum atomic E-state index is 4.87. The number of fused-ring (bicyclic) bond motifs is 3. The van der Waals surface area contributed by atoms with Gasteiger partial charge in [0.15, 0.2) is 0 Å². The lowest BCUT2D eigenvalue weighted by Crippen LogP contribution is -2.47. The van der Waals surface area contributed by atoms with Crippen molar-refractivity contribution in [2.75, 3.05) is 19.6 Å². The molecule has 0 spiro atoms. The van der Waals surface area contributed by atoms with Crippen molar-refractivity contribution in [1.29, 1.82) is 0 Å². The summed E-state index contributed by atoms with van der Waals surface area (Å²) in [5.41, 5.74) is 5.78. The summed E-state index contributed by atoms with van der Waals surface area (Å²) in [6, 6.07) is 20.1. The third-order valence-corrected chi connectivity index (χ3v) is 9.04. The average molecular weight is 443 g/mol. The number of nitrogens with zero attached hydrogens (tertiary/aromatic N) is 3. The second kappa shape index (κ2) is 8.56. The first-order valence-corrected chi connectivity index (χ1v) is 13.1. The highest BCUT2D eigenvalue weighted by atomic mass is 15.2. The molecule has 3 aliphatic heterocycles. The zero-order chi connectivity index (χ0) is 22.4. The predicted molar refractivity (Wildman–Crippen MR) is 136 cm³/mol. The van der Waals surface area contributed by atoms with E-state index in [2.05, 4.69) is 77.2 Å². The van der Waals surface area contributed by atoms with Crippen LogP contribution in [0.15, 0.2) is 48.5 Å². The van der Waals surface area contributed by atoms with Gasteiger partial charge in [-0.05, 0) is 102 Å². The van der Waals surface area contributed by atoms with Crippen molar-refractivity contribution < 1.29 is 0 Å². The molecular weight excluding hydrogens is 404 g/mol. The molecule has 6 rings (SSSR count). The highest BCUT2D eigenvalue weighted by Gasteiger charge is 2.43. The molecule has 2 bridgehead atoms. The number of piperidine rings is 2. The second-order valence-electron chi connectivity index (χ2n) is 10.9. The minimum Gasteiger partial charge on any atom is -0.325 e. The number of aryl methyl sites for hydroxylation is 2. The first kappa shape index (κ1) is 21.4. The van der Waals surface area contributed by atoms with E-state index in [0.29, 0.717) is 11.5 Å². The smallest absolute Gasteiger partial charge is 0.106 e. The summed E-state index contributed by atoms with van der Waals surface area (Å²) in [5.74, 6) is 1.18. The maximum Gasteiger partial charge on any atom is 0.106 e. The van der Waals surface area contributed by atoms with Crippen LogP contribution in [0.4, 0.5) is 0 Å². The number of hydrogen-bond acceptors (Lipinski definition) is 3. The summed E-state index contributed by atoms with van der Waals surface area (Å²) in [6.07, 6.45) is 9.11. The van der Waals surface area contributed by atoms with Crippen LogP contribution in [0.5, 0.6) is 0 Å². The Balaban J connectivity index is 1.21. The highest BCUT2D eigenvalue weighted by Crippen LogP contribution is 2.44. The number of hydrogen-bond donors (Lipinski definition) is 1. The Morgan fingerprint density at radius 2 is 1.70 bits per heavy atom. The number of imidazole rings is 1. The van der Waals surface area contributed by atoms with Crippen molar-refractivity contribution >= 4 is 11.0 Å². The van der Waals surface area contributed by atoms with Crippen molar-refractivity contribution in [2.24, 2.45) is 0 Å². The van der Waals surface area contributed by atoms with Crippen LogP contribution in [0.3, 0.4) is 0 Å². The largest absolute Gasteiger partial charge is 0.325 e. The van der Waals surface area contributed by atoms with E-state index in [4.69, 9.17) is 4.98 Å². The Kier molecular flexibility index (Phi) is 5.54. The fraction of sp³-hybridized carbons (Fsp3) is 0.552. The zero-order valence-corrected chi connectivity index (χ0v) is 20.3. The maximum absolute atomic E-state index is 4.87. The lowest BCUT2D eigenvalue weighted by atomic mass is 9.70. The van der Waals surface area contributed by atoms with Crippen molar-refractivity contribution in [3.05, 3.63) is 65.5 Å². The molecule has 3 atom stereocenters. The molecule has 4 heteroatoms. The van der Waals surface area contributed by atoms with Gasteiger partial charge >= 0.3 is 0 Å². The van der Waals surface area contributed by atoms with Gasteiger partial charge in [-0.3, -0.25) is 4.90 Å². The molecule has 2 aromatic carbocycles. The molecule has 0 amide bonds. The molecule has 0 unspecified atom stereocenters. The molecule has 4 heterocycles. The summed E-state index contributed by atoms with van der Waals surface area (Å²) in [7, 11) is 0. The quantitative estimate of drug-likeness (QED) is 0.564. The molecule has 0 aliphatic carbocycles. The summed E-state index contributed by atoms with van der Waals surface area (Å²) in [6.45, 7) is 7.98. The lowest BCUT2D eigenvalue weighted by molar-refractivity contribution is 0.0929. The van der Waals surface area contributed by atoms with Gasteiger partial charge in [-0.25, -0.2) is 4.98 Å². The molecule has 1 N–H and O–H groups in total. The van der Waals surface area contributed by atoms with Gasteiger partial charge in [-0.1, -0.05) is 42.0 Å². The molecule has 3 saturated heterocycles. The molecule has 4 nitrogen and oxygen atoms in total. The summed E-state index contributed by atoms with van der Waals surface area (Å²) < 4.78 is 2.55. The Morgan fingerprint density at radius 1 is 0.939 bits per heavy atom. The van der Waals surface area contributed by atoms with E-state index in [1.54, 1.807) is 5.56 Å². The average Bonchev–Trinajstić information content (AvgIpc) is 3.29. The molecule has 0 saturated carbocycles. The first-order chi connectivity index (χ1) is 16.1. The first-order valence-electron chi connectivity index (χ1n) is 13.1. The Hall–Kier alpha value is -2.17. The van der Waals surface area contributed by atoms with E-state index in [1.807, 2.05) is 0 Å². The van der Waals surface area contributed by atoms with Crippen LogP contribution in [-0.4, -0.2) is 46.2 Å². The van der Waals surface area contributed by atoms with E-state index in [-0.39, 0.29) is 0 Å². The third kappa shape index (κ3) is 3.81. The Labute approximate surface area is 198 Å². The normalized spacial score (nSPS) is 27.3. The van der Waals surface area contributed by atoms with Crippen LogP contribution >= 0.6 is 0 Å². The molecule has 3 aromatic rings. The second-order valence-corrected chi connectivity index (χ2v) is 10.9. The van der Waals surface area contributed by atoms with Gasteiger partial charge in [0.1, 0.15) is 5.82 Å². The molecule has 3 fully saturated rings. The molecule has 33 heavy (non-hydrogen) atoms. The van der Waals surface area contributed by atoms with E-state index >= 15 is 0 Å². The van der Waals surface area contributed by atoms with Crippen LogP contribution < -0.4 is 5.32 Å². The fourth-order valence-corrected chi connectivity index (χ4v) is 7.35. The molecule has 0 radical (unpaired) electrons. The molecular formula is C29H38N4. The van der Waals surface area contributed by atoms with Crippen molar-refractivity contribution in [3.8, 4) is 0 Å². The van der Waals surface area contributed by atoms with Gasteiger partial charge in [-0.15, -0.1) is 0 Å². The van der Waals surface area contributed by atoms with Crippen molar-refractivity contribution in [1.82, 2.24) is 19.8 Å². The van der Waals surface area contributed by atoms with Crippen LogP contribution in [0.2, 0.25) is 0 Å². The van der Waals surface area contributed by atoms with E-state index in [0.717, 1.165) is 30.7 Å². The van der Waals surface area contributed by atoms with Gasteiger partial charge in [0.05, 0.1) is 11.0 Å². The molecule has 174 valence electrons. The van der Waals surface area contributed by atoms with Crippen LogP contribution in [-0.2, 0) is 5.41 Å². The van der Waals surface area contributed by atoms with Gasteiger partial charge < -0.3 is 9.88 Å². The minimum absolute atomic E-state index is 0.338. The molecule has 1 aromatic heterocycles. The van der Waals surface area contributed by atoms with Crippen LogP contribution in [0.25, 0.3) is 11.0 Å². The summed E-state index contributed by atoms with van der Waals surface area (Å²) in [4.78, 5) is 7.78. The summed E-state index contributed by atoms with van der Waals surface area (Å²) in [5, 5.41) is 3.61. The monoisotopic (exact) mass is 442 g/mol. The number of rotatable bonds is 5. The highest BCUT2D eigenvalue weighted by molar-refractivity contribution is 5.76. The predicted octanol–water partition coefficient (Wildman–Crippen LogP) is 5.53. The summed E-state index contributed by atoms with van der Waals surface area (Å²) >= 11 is 0. The van der Waals surface area contributed by atoms with E-state index < -0.39 is 0 Å². The number of aromatic nitrogens is 2. The Morgan fingerprint density at radius 3 is 2.45 bits per heavy atom. The lowest BCUT2D eigenvalue weighted by Gasteiger charge is -2.44. The number of para-hydroxylation sites is 2. The van der Waals surface area contributed by atoms with Gasteiger partial charge in [0, 0.05) is 18.1 Å². The Bertz CT molecular complexity index is 1110. The van der Waals surface area contributed by atoms with Gasteiger partial charge in [-0.2, -0.15) is 0 Å². The SMILES string of the molecule is Cc1cccc(C2(CCN3[C@@H]4CC[C@H]3C[C@@H](n3c(C)nc5ccccc53)C4)CCNCC2)c1. The topological polar surface area (TPSA) is 33.1 Å². The van der Waals surface area contributed by atoms with Crippen LogP contribution in [0, 0.1) is 13.8 Å². The zero-order valence-electron chi connectivity index (χ0n) is 20.3. The minimum atomic E-state index is 0.338. The van der Waals surface area contributed by atoms with Crippen LogP contribution in [0.1, 0.15) is 67.9 Å². The third-order valence-electron chi connectivity index (χ3n) is 9.04. The standard InChI is InChI=1S/C29H38N4/c1-21-6-5-7-23(18-21)29(12-15-30-16-13-29)14-17-32-24-10-11-25(32)20-26(19-24)33-22(2)31-27-8-3-4-9-28(27)33/h3-9,18,24-26,30H,10-17,19-20H2,1-2H3/t24-,25+,26+. The van der Waals surface area contributed by atoms with Crippen molar-refractivity contribution in [2.45, 2.75) is 82.3 Å². The van der Waals surface area contributed by atoms with E-state index in [1.165, 1.54) is 68.4 Å².